The van der Waals surface area contributed by atoms with Gasteiger partial charge >= 0.3 is 0 Å². The molecule has 0 saturated carbocycles. The Morgan fingerprint density at radius 1 is 1.55 bits per heavy atom. The first-order chi connectivity index (χ1) is 9.65. The number of nitrogens with two attached hydrogens (primary N) is 1. The number of amidine groups is 1. The Hall–Kier alpha value is -1.75. The van der Waals surface area contributed by atoms with E-state index in [1.54, 1.807) is 7.11 Å². The third-order valence-corrected chi connectivity index (χ3v) is 3.80. The van der Waals surface area contributed by atoms with Crippen molar-refractivity contribution in [2.24, 2.45) is 16.8 Å². The van der Waals surface area contributed by atoms with E-state index in [-0.39, 0.29) is 5.84 Å². The second-order valence-electron chi connectivity index (χ2n) is 5.42. The Bertz CT molecular complexity index is 486. The normalized spacial score (nSPS) is 20.2. The van der Waals surface area contributed by atoms with Crippen LogP contribution in [0.3, 0.4) is 0 Å². The van der Waals surface area contributed by atoms with Crippen molar-refractivity contribution >= 4 is 11.5 Å². The van der Waals surface area contributed by atoms with Gasteiger partial charge in [0.2, 0.25) is 0 Å². The van der Waals surface area contributed by atoms with Crippen LogP contribution in [0.2, 0.25) is 0 Å². The first kappa shape index (κ1) is 14.7. The van der Waals surface area contributed by atoms with Crippen molar-refractivity contribution < 1.29 is 9.94 Å². The molecule has 1 aliphatic heterocycles. The van der Waals surface area contributed by atoms with Crippen LogP contribution in [0.5, 0.6) is 0 Å². The van der Waals surface area contributed by atoms with E-state index < -0.39 is 0 Å². The molecule has 0 bridgehead atoms. The summed E-state index contributed by atoms with van der Waals surface area (Å²) in [7, 11) is 1.74. The van der Waals surface area contributed by atoms with Gasteiger partial charge in [0.1, 0.15) is 0 Å². The van der Waals surface area contributed by atoms with Crippen LogP contribution >= 0.6 is 0 Å². The third kappa shape index (κ3) is 3.22. The maximum absolute atomic E-state index is 8.96. The zero-order chi connectivity index (χ0) is 14.5. The zero-order valence-electron chi connectivity index (χ0n) is 12.2. The molecule has 1 atom stereocenters. The lowest BCUT2D eigenvalue weighted by atomic mass is 9.97. The zero-order valence-corrected chi connectivity index (χ0v) is 12.2. The molecular formula is C15H23N3O2. The molecule has 20 heavy (non-hydrogen) atoms. The molecule has 0 spiro atoms. The smallest absolute Gasteiger partial charge is 0.172 e. The lowest BCUT2D eigenvalue weighted by Crippen LogP contribution is -2.38. The summed E-state index contributed by atoms with van der Waals surface area (Å²) in [6, 6.07) is 6.08. The average molecular weight is 277 g/mol. The lowest BCUT2D eigenvalue weighted by Gasteiger charge is -2.35. The lowest BCUT2D eigenvalue weighted by molar-refractivity contribution is 0.143. The summed E-state index contributed by atoms with van der Waals surface area (Å²) < 4.78 is 5.27. The molecule has 1 fully saturated rings. The van der Waals surface area contributed by atoms with E-state index in [2.05, 4.69) is 22.2 Å². The molecule has 1 aromatic rings. The predicted molar refractivity (Wildman–Crippen MR) is 80.5 cm³/mol. The van der Waals surface area contributed by atoms with Gasteiger partial charge in [-0.2, -0.15) is 0 Å². The van der Waals surface area contributed by atoms with Crippen molar-refractivity contribution in [3.63, 3.8) is 0 Å². The fourth-order valence-corrected chi connectivity index (χ4v) is 2.84. The molecule has 5 nitrogen and oxygen atoms in total. The standard InChI is InChI=1S/C15H23N3O2/c1-11-5-6-14(13(8-11)15(16)17-19)18-7-3-4-12(9-18)10-20-2/h5-6,8,12,19H,3-4,7,9-10H2,1-2H3,(H2,16,17). The van der Waals surface area contributed by atoms with Gasteiger partial charge in [0.25, 0.3) is 0 Å². The molecule has 5 heteroatoms. The van der Waals surface area contributed by atoms with Crippen LogP contribution < -0.4 is 10.6 Å². The van der Waals surface area contributed by atoms with E-state index in [4.69, 9.17) is 15.7 Å². The Labute approximate surface area is 120 Å². The highest BCUT2D eigenvalue weighted by atomic mass is 16.5. The number of nitrogens with zero attached hydrogens (tertiary/aromatic N) is 2. The number of anilines is 1. The molecule has 0 amide bonds. The van der Waals surface area contributed by atoms with Crippen LogP contribution in [-0.4, -0.2) is 37.8 Å². The van der Waals surface area contributed by atoms with Gasteiger partial charge in [-0.15, -0.1) is 0 Å². The maximum Gasteiger partial charge on any atom is 0.172 e. The van der Waals surface area contributed by atoms with Crippen molar-refractivity contribution in [3.05, 3.63) is 29.3 Å². The van der Waals surface area contributed by atoms with Crippen LogP contribution in [0.1, 0.15) is 24.0 Å². The van der Waals surface area contributed by atoms with Crippen molar-refractivity contribution in [2.75, 3.05) is 31.7 Å². The number of methoxy groups -OCH3 is 1. The Morgan fingerprint density at radius 3 is 3.05 bits per heavy atom. The van der Waals surface area contributed by atoms with Gasteiger partial charge in [-0.05, 0) is 37.8 Å². The fraction of sp³-hybridized carbons (Fsp3) is 0.533. The second-order valence-corrected chi connectivity index (χ2v) is 5.42. The summed E-state index contributed by atoms with van der Waals surface area (Å²) in [6.07, 6.45) is 2.33. The SMILES string of the molecule is COCC1CCCN(c2ccc(C)cc2/C(N)=N/O)C1. The van der Waals surface area contributed by atoms with E-state index in [0.29, 0.717) is 5.92 Å². The van der Waals surface area contributed by atoms with Crippen molar-refractivity contribution in [2.45, 2.75) is 19.8 Å². The van der Waals surface area contributed by atoms with Crippen molar-refractivity contribution in [3.8, 4) is 0 Å². The molecule has 110 valence electrons. The van der Waals surface area contributed by atoms with Crippen LogP contribution in [0.25, 0.3) is 0 Å². The van der Waals surface area contributed by atoms with E-state index in [0.717, 1.165) is 42.9 Å². The minimum atomic E-state index is 0.164. The predicted octanol–water partition coefficient (Wildman–Crippen LogP) is 1.95. The van der Waals surface area contributed by atoms with Crippen LogP contribution in [-0.2, 0) is 4.74 Å². The third-order valence-electron chi connectivity index (χ3n) is 3.80. The van der Waals surface area contributed by atoms with Gasteiger partial charge in [-0.25, -0.2) is 0 Å². The fourth-order valence-electron chi connectivity index (χ4n) is 2.84. The van der Waals surface area contributed by atoms with Gasteiger partial charge in [0.15, 0.2) is 5.84 Å². The summed E-state index contributed by atoms with van der Waals surface area (Å²) in [6.45, 7) is 4.72. The first-order valence-corrected chi connectivity index (χ1v) is 6.98. The molecule has 1 heterocycles. The minimum Gasteiger partial charge on any atom is -0.409 e. The molecule has 1 unspecified atom stereocenters. The summed E-state index contributed by atoms with van der Waals surface area (Å²) in [5.41, 5.74) is 8.74. The Morgan fingerprint density at radius 2 is 2.35 bits per heavy atom. The maximum atomic E-state index is 8.96. The number of hydrogen-bond acceptors (Lipinski definition) is 4. The molecular weight excluding hydrogens is 254 g/mol. The summed E-state index contributed by atoms with van der Waals surface area (Å²) in [5.74, 6) is 0.702. The minimum absolute atomic E-state index is 0.164. The van der Waals surface area contributed by atoms with Gasteiger partial charge in [0.05, 0.1) is 6.61 Å². The quantitative estimate of drug-likeness (QED) is 0.382. The number of ether oxygens (including phenoxy) is 1. The number of benzene rings is 1. The summed E-state index contributed by atoms with van der Waals surface area (Å²) >= 11 is 0. The van der Waals surface area contributed by atoms with Gasteiger partial charge in [-0.1, -0.05) is 16.8 Å². The Balaban J connectivity index is 2.27. The molecule has 3 N–H and O–H groups in total. The highest BCUT2D eigenvalue weighted by Gasteiger charge is 2.22. The molecule has 0 aliphatic carbocycles. The molecule has 1 aromatic carbocycles. The molecule has 2 rings (SSSR count). The largest absolute Gasteiger partial charge is 0.409 e. The van der Waals surface area contributed by atoms with E-state index in [1.165, 1.54) is 6.42 Å². The topological polar surface area (TPSA) is 71.1 Å². The summed E-state index contributed by atoms with van der Waals surface area (Å²) in [5, 5.41) is 12.1. The summed E-state index contributed by atoms with van der Waals surface area (Å²) in [4.78, 5) is 2.31. The Kier molecular flexibility index (Phi) is 4.84. The van der Waals surface area contributed by atoms with E-state index >= 15 is 0 Å². The van der Waals surface area contributed by atoms with Gasteiger partial charge in [0, 0.05) is 31.5 Å². The van der Waals surface area contributed by atoms with Crippen LogP contribution in [0, 0.1) is 12.8 Å². The molecule has 0 aromatic heterocycles. The van der Waals surface area contributed by atoms with Crippen molar-refractivity contribution in [1.29, 1.82) is 0 Å². The monoisotopic (exact) mass is 277 g/mol. The van der Waals surface area contributed by atoms with Crippen LogP contribution in [0.15, 0.2) is 23.4 Å². The van der Waals surface area contributed by atoms with Crippen LogP contribution in [0.4, 0.5) is 5.69 Å². The average Bonchev–Trinajstić information content (AvgIpc) is 2.47. The number of aryl methyl sites for hydroxylation is 1. The van der Waals surface area contributed by atoms with E-state index in [1.807, 2.05) is 13.0 Å². The second kappa shape index (κ2) is 6.61. The molecule has 1 saturated heterocycles. The number of hydrogen-bond donors (Lipinski definition) is 2. The van der Waals surface area contributed by atoms with Gasteiger partial charge < -0.3 is 20.6 Å². The first-order valence-electron chi connectivity index (χ1n) is 6.98. The highest BCUT2D eigenvalue weighted by Crippen LogP contribution is 2.27. The van der Waals surface area contributed by atoms with E-state index in [9.17, 15) is 0 Å². The molecule has 1 aliphatic rings. The molecule has 0 radical (unpaired) electrons. The number of rotatable bonds is 4. The number of piperidine rings is 1. The highest BCUT2D eigenvalue weighted by molar-refractivity contribution is 6.02. The number of oxime groups is 1. The van der Waals surface area contributed by atoms with Gasteiger partial charge in [-0.3, -0.25) is 0 Å². The van der Waals surface area contributed by atoms with Crippen molar-refractivity contribution in [1.82, 2.24) is 0 Å².